The summed E-state index contributed by atoms with van der Waals surface area (Å²) in [4.78, 5) is 0. The summed E-state index contributed by atoms with van der Waals surface area (Å²) in [5, 5.41) is 0. The van der Waals surface area contributed by atoms with Crippen molar-refractivity contribution in [2.24, 2.45) is 0 Å². The zero-order valence-electron chi connectivity index (χ0n) is 16.6. The summed E-state index contributed by atoms with van der Waals surface area (Å²) < 4.78 is 5.07. The summed E-state index contributed by atoms with van der Waals surface area (Å²) in [5.41, 5.74) is 0. The molecular weight excluding hydrogens is 280 g/mol. The van der Waals surface area contributed by atoms with E-state index in [9.17, 15) is 0 Å². The minimum absolute atomic E-state index is 0.943. The van der Waals surface area contributed by atoms with E-state index in [2.05, 4.69) is 6.92 Å². The van der Waals surface area contributed by atoms with Gasteiger partial charge in [-0.3, -0.25) is 0 Å². The Labute approximate surface area is 148 Å². The third-order valence-electron chi connectivity index (χ3n) is 4.95. The first-order valence-electron chi connectivity index (χ1n) is 10.9. The first-order chi connectivity index (χ1) is 11.4. The van der Waals surface area contributed by atoms with Crippen molar-refractivity contribution >= 4 is 0 Å². The number of hydrogen-bond acceptors (Lipinski definition) is 1. The molecular formula is C22H46O. The van der Waals surface area contributed by atoms with Crippen molar-refractivity contribution in [3.8, 4) is 0 Å². The fourth-order valence-corrected chi connectivity index (χ4v) is 3.32. The van der Waals surface area contributed by atoms with Gasteiger partial charge >= 0.3 is 0 Å². The van der Waals surface area contributed by atoms with Gasteiger partial charge in [0.05, 0.1) is 0 Å². The Morgan fingerprint density at radius 3 is 0.913 bits per heavy atom. The monoisotopic (exact) mass is 326 g/mol. The van der Waals surface area contributed by atoms with Crippen molar-refractivity contribution in [2.75, 3.05) is 13.7 Å². The number of rotatable bonds is 20. The number of ether oxygens (including phenoxy) is 1. The Morgan fingerprint density at radius 2 is 0.652 bits per heavy atom. The summed E-state index contributed by atoms with van der Waals surface area (Å²) in [5.74, 6) is 0. The largest absolute Gasteiger partial charge is 0.385 e. The number of methoxy groups -OCH3 is 1. The Morgan fingerprint density at radius 1 is 0.391 bits per heavy atom. The Hall–Kier alpha value is -0.0400. The second-order valence-corrected chi connectivity index (χ2v) is 7.36. The molecule has 0 spiro atoms. The van der Waals surface area contributed by atoms with Gasteiger partial charge in [0, 0.05) is 13.7 Å². The zero-order chi connectivity index (χ0) is 16.8. The molecule has 0 saturated carbocycles. The van der Waals surface area contributed by atoms with Gasteiger partial charge in [0.25, 0.3) is 0 Å². The minimum Gasteiger partial charge on any atom is -0.385 e. The lowest BCUT2D eigenvalue weighted by atomic mass is 10.0. The van der Waals surface area contributed by atoms with Crippen molar-refractivity contribution in [2.45, 2.75) is 129 Å². The molecule has 0 aliphatic rings. The van der Waals surface area contributed by atoms with Crippen molar-refractivity contribution in [1.29, 1.82) is 0 Å². The van der Waals surface area contributed by atoms with E-state index in [-0.39, 0.29) is 0 Å². The van der Waals surface area contributed by atoms with E-state index in [1.54, 1.807) is 7.11 Å². The maximum atomic E-state index is 5.07. The van der Waals surface area contributed by atoms with Crippen molar-refractivity contribution in [3.05, 3.63) is 0 Å². The van der Waals surface area contributed by atoms with Crippen LogP contribution in [0.5, 0.6) is 0 Å². The molecule has 0 amide bonds. The molecule has 0 heterocycles. The predicted molar refractivity (Wildman–Crippen MR) is 105 cm³/mol. The van der Waals surface area contributed by atoms with Crippen LogP contribution in [0.3, 0.4) is 0 Å². The van der Waals surface area contributed by atoms with Gasteiger partial charge in [0.1, 0.15) is 0 Å². The molecule has 0 bridgehead atoms. The van der Waals surface area contributed by atoms with Gasteiger partial charge in [-0.05, 0) is 6.42 Å². The number of hydrogen-bond donors (Lipinski definition) is 0. The molecule has 0 atom stereocenters. The average Bonchev–Trinajstić information content (AvgIpc) is 2.57. The van der Waals surface area contributed by atoms with Gasteiger partial charge in [0.15, 0.2) is 0 Å². The van der Waals surface area contributed by atoms with Gasteiger partial charge in [-0.15, -0.1) is 0 Å². The zero-order valence-corrected chi connectivity index (χ0v) is 16.6. The lowest BCUT2D eigenvalue weighted by molar-refractivity contribution is 0.192. The average molecular weight is 327 g/mol. The topological polar surface area (TPSA) is 9.23 Å². The highest BCUT2D eigenvalue weighted by molar-refractivity contribution is 4.50. The van der Waals surface area contributed by atoms with E-state index in [0.717, 1.165) is 6.61 Å². The molecule has 0 saturated heterocycles. The standard InChI is InChI=1S/C22H46O/c1-3-4-5-6-7-8-9-10-11-12-13-14-15-16-17-18-19-20-21-22-23-2/h3-22H2,1-2H3. The lowest BCUT2D eigenvalue weighted by Gasteiger charge is -2.04. The van der Waals surface area contributed by atoms with Crippen molar-refractivity contribution in [3.63, 3.8) is 0 Å². The molecule has 0 rings (SSSR count). The van der Waals surface area contributed by atoms with E-state index >= 15 is 0 Å². The van der Waals surface area contributed by atoms with Gasteiger partial charge in [-0.25, -0.2) is 0 Å². The first-order valence-corrected chi connectivity index (χ1v) is 10.9. The Bertz CT molecular complexity index is 170. The van der Waals surface area contributed by atoms with Gasteiger partial charge in [-0.1, -0.05) is 122 Å². The SMILES string of the molecule is CCCCCCCCCCCCCCCCCCCCCOC. The van der Waals surface area contributed by atoms with Crippen LogP contribution in [0.25, 0.3) is 0 Å². The van der Waals surface area contributed by atoms with Gasteiger partial charge in [0.2, 0.25) is 0 Å². The summed E-state index contributed by atoms with van der Waals surface area (Å²) >= 11 is 0. The molecule has 0 aromatic rings. The molecule has 0 aromatic heterocycles. The summed E-state index contributed by atoms with van der Waals surface area (Å²) in [6, 6.07) is 0. The highest BCUT2D eigenvalue weighted by atomic mass is 16.5. The quantitative estimate of drug-likeness (QED) is 0.205. The third-order valence-corrected chi connectivity index (χ3v) is 4.95. The smallest absolute Gasteiger partial charge is 0.0462 e. The summed E-state index contributed by atoms with van der Waals surface area (Å²) in [6.07, 6.45) is 27.4. The minimum atomic E-state index is 0.943. The van der Waals surface area contributed by atoms with Crippen LogP contribution in [0.1, 0.15) is 129 Å². The molecule has 0 unspecified atom stereocenters. The van der Waals surface area contributed by atoms with Crippen molar-refractivity contribution < 1.29 is 4.74 Å². The molecule has 0 N–H and O–H groups in total. The molecule has 0 aliphatic carbocycles. The van der Waals surface area contributed by atoms with Crippen LogP contribution in [-0.2, 0) is 4.74 Å². The fourth-order valence-electron chi connectivity index (χ4n) is 3.32. The molecule has 23 heavy (non-hydrogen) atoms. The van der Waals surface area contributed by atoms with Crippen LogP contribution in [0.4, 0.5) is 0 Å². The first kappa shape index (κ1) is 23.0. The van der Waals surface area contributed by atoms with Crippen LogP contribution in [-0.4, -0.2) is 13.7 Å². The normalized spacial score (nSPS) is 11.2. The Kier molecular flexibility index (Phi) is 21.9. The second-order valence-electron chi connectivity index (χ2n) is 7.36. The van der Waals surface area contributed by atoms with Crippen LogP contribution >= 0.6 is 0 Å². The molecule has 0 fully saturated rings. The Balaban J connectivity index is 2.92. The predicted octanol–water partition coefficient (Wildman–Crippen LogP) is 8.06. The van der Waals surface area contributed by atoms with Crippen LogP contribution in [0.2, 0.25) is 0 Å². The maximum absolute atomic E-state index is 5.07. The van der Waals surface area contributed by atoms with Gasteiger partial charge in [-0.2, -0.15) is 0 Å². The third kappa shape index (κ3) is 22.0. The van der Waals surface area contributed by atoms with E-state index in [0.29, 0.717) is 0 Å². The highest BCUT2D eigenvalue weighted by Gasteiger charge is 1.95. The van der Waals surface area contributed by atoms with E-state index in [1.807, 2.05) is 0 Å². The molecule has 0 aliphatic heterocycles. The van der Waals surface area contributed by atoms with E-state index in [4.69, 9.17) is 4.74 Å². The maximum Gasteiger partial charge on any atom is 0.0462 e. The van der Waals surface area contributed by atoms with E-state index in [1.165, 1.54) is 122 Å². The summed E-state index contributed by atoms with van der Waals surface area (Å²) in [6.45, 7) is 3.24. The molecule has 140 valence electrons. The van der Waals surface area contributed by atoms with Gasteiger partial charge < -0.3 is 4.74 Å². The molecule has 0 radical (unpaired) electrons. The molecule has 0 aromatic carbocycles. The fraction of sp³-hybridized carbons (Fsp3) is 1.00. The molecule has 1 heteroatoms. The number of unbranched alkanes of at least 4 members (excludes halogenated alkanes) is 18. The van der Waals surface area contributed by atoms with Crippen molar-refractivity contribution in [1.82, 2.24) is 0 Å². The lowest BCUT2D eigenvalue weighted by Crippen LogP contribution is -1.88. The summed E-state index contributed by atoms with van der Waals surface area (Å²) in [7, 11) is 1.80. The van der Waals surface area contributed by atoms with Crippen LogP contribution in [0, 0.1) is 0 Å². The van der Waals surface area contributed by atoms with E-state index < -0.39 is 0 Å². The molecule has 1 nitrogen and oxygen atoms in total. The highest BCUT2D eigenvalue weighted by Crippen LogP contribution is 2.14. The van der Waals surface area contributed by atoms with Crippen LogP contribution in [0.15, 0.2) is 0 Å². The van der Waals surface area contributed by atoms with Crippen LogP contribution < -0.4 is 0 Å². The second kappa shape index (κ2) is 22.0.